The maximum atomic E-state index is 5.35. The van der Waals surface area contributed by atoms with Crippen LogP contribution in [0.1, 0.15) is 20.3 Å². The van der Waals surface area contributed by atoms with Gasteiger partial charge in [-0.05, 0) is 30.3 Å². The highest BCUT2D eigenvalue weighted by atomic mass is 127. The maximum absolute atomic E-state index is 5.35. The van der Waals surface area contributed by atoms with Crippen LogP contribution in [0.5, 0.6) is 0 Å². The molecule has 0 spiro atoms. The summed E-state index contributed by atoms with van der Waals surface area (Å²) >= 11 is -0.413. The third-order valence-corrected chi connectivity index (χ3v) is 2.45. The minimum Gasteiger partial charge on any atom is -0.293 e. The molecule has 58 valence electrons. The van der Waals surface area contributed by atoms with Crippen LogP contribution in [0.15, 0.2) is 11.6 Å². The fourth-order valence-electron chi connectivity index (χ4n) is 0.436. The molecule has 0 fully saturated rings. The quantitative estimate of drug-likeness (QED) is 0.556. The Kier molecular flexibility index (Phi) is 4.77. The first-order valence-corrected chi connectivity index (χ1v) is 5.39. The van der Waals surface area contributed by atoms with Crippen LogP contribution in [0.4, 0.5) is 0 Å². The van der Waals surface area contributed by atoms with Crippen molar-refractivity contribution in [2.24, 2.45) is 4.99 Å². The third-order valence-electron chi connectivity index (χ3n) is 1.19. The SMILES string of the molecule is C=C=NC(C)(CC)OI=C. The molecule has 0 aromatic rings. The number of halogens is 1. The number of hydrogen-bond acceptors (Lipinski definition) is 2. The fraction of sp³-hybridized carbons (Fsp3) is 0.571. The first-order valence-electron chi connectivity index (χ1n) is 2.99. The molecule has 0 aliphatic rings. The van der Waals surface area contributed by atoms with Crippen molar-refractivity contribution >= 4 is 31.5 Å². The zero-order chi connectivity index (χ0) is 8.04. The van der Waals surface area contributed by atoms with Gasteiger partial charge in [0.25, 0.3) is 0 Å². The molecule has 1 unspecified atom stereocenters. The van der Waals surface area contributed by atoms with Crippen LogP contribution in [-0.4, -0.2) is 16.1 Å². The molecule has 0 aromatic carbocycles. The Morgan fingerprint density at radius 1 is 1.80 bits per heavy atom. The summed E-state index contributed by atoms with van der Waals surface area (Å²) in [5.41, 5.74) is -0.420. The Hall–Kier alpha value is 0.01000. The first-order chi connectivity index (χ1) is 4.68. The average molecular weight is 253 g/mol. The van der Waals surface area contributed by atoms with Crippen molar-refractivity contribution in [2.75, 3.05) is 0 Å². The Morgan fingerprint density at radius 2 is 2.40 bits per heavy atom. The highest BCUT2D eigenvalue weighted by molar-refractivity contribution is 14.2. The van der Waals surface area contributed by atoms with Crippen LogP contribution in [-0.2, 0) is 3.07 Å². The van der Waals surface area contributed by atoms with Crippen molar-refractivity contribution in [3.05, 3.63) is 6.58 Å². The van der Waals surface area contributed by atoms with Gasteiger partial charge in [0.1, 0.15) is 0 Å². The summed E-state index contributed by atoms with van der Waals surface area (Å²) in [7, 11) is 0. The normalized spacial score (nSPS) is 15.4. The molecular weight excluding hydrogens is 241 g/mol. The highest BCUT2D eigenvalue weighted by Gasteiger charge is 2.19. The summed E-state index contributed by atoms with van der Waals surface area (Å²) < 4.78 is 9.03. The second-order valence-corrected chi connectivity index (χ2v) is 3.05. The van der Waals surface area contributed by atoms with Gasteiger partial charge in [0, 0.05) is 21.1 Å². The van der Waals surface area contributed by atoms with Crippen LogP contribution >= 0.6 is 21.1 Å². The molecule has 0 aliphatic carbocycles. The van der Waals surface area contributed by atoms with Crippen LogP contribution in [0.2, 0.25) is 0 Å². The molecule has 0 aromatic heterocycles. The van der Waals surface area contributed by atoms with Crippen LogP contribution in [0, 0.1) is 0 Å². The number of aliphatic imine (C=N–C) groups is 1. The van der Waals surface area contributed by atoms with Crippen LogP contribution in [0.25, 0.3) is 0 Å². The number of nitrogens with zero attached hydrogens (tertiary/aromatic N) is 1. The molecule has 2 nitrogen and oxygen atoms in total. The Morgan fingerprint density at radius 3 is 2.70 bits per heavy atom. The minimum atomic E-state index is -0.420. The van der Waals surface area contributed by atoms with E-state index in [-0.39, 0.29) is 0 Å². The van der Waals surface area contributed by atoms with Crippen LogP contribution < -0.4 is 0 Å². The van der Waals surface area contributed by atoms with Gasteiger partial charge in [-0.15, -0.1) is 0 Å². The van der Waals surface area contributed by atoms with E-state index in [0.717, 1.165) is 6.42 Å². The summed E-state index contributed by atoms with van der Waals surface area (Å²) in [5.74, 6) is 2.48. The first kappa shape index (κ1) is 10.0. The molecule has 10 heavy (non-hydrogen) atoms. The van der Waals surface area contributed by atoms with Crippen LogP contribution in [0.3, 0.4) is 0 Å². The van der Waals surface area contributed by atoms with Crippen molar-refractivity contribution in [2.45, 2.75) is 26.0 Å². The van der Waals surface area contributed by atoms with E-state index in [9.17, 15) is 0 Å². The lowest BCUT2D eigenvalue weighted by Crippen LogP contribution is -2.20. The van der Waals surface area contributed by atoms with Gasteiger partial charge in [-0.1, -0.05) is 6.92 Å². The highest BCUT2D eigenvalue weighted by Crippen LogP contribution is 2.21. The van der Waals surface area contributed by atoms with E-state index in [0.29, 0.717) is 0 Å². The maximum Gasteiger partial charge on any atom is 0.175 e. The second kappa shape index (κ2) is 4.77. The van der Waals surface area contributed by atoms with E-state index in [1.54, 1.807) is 0 Å². The average Bonchev–Trinajstić information content (AvgIpc) is 1.89. The van der Waals surface area contributed by atoms with Gasteiger partial charge >= 0.3 is 0 Å². The van der Waals surface area contributed by atoms with Crippen molar-refractivity contribution in [1.29, 1.82) is 0 Å². The third kappa shape index (κ3) is 3.25. The largest absolute Gasteiger partial charge is 0.293 e. The molecule has 0 radical (unpaired) electrons. The molecule has 0 N–H and O–H groups in total. The molecule has 0 saturated carbocycles. The molecule has 0 rings (SSSR count). The Labute approximate surface area is 72.3 Å². The molecule has 0 amide bonds. The van der Waals surface area contributed by atoms with E-state index in [1.165, 1.54) is 0 Å². The summed E-state index contributed by atoms with van der Waals surface area (Å²) in [5, 5.41) is 0. The van der Waals surface area contributed by atoms with Gasteiger partial charge < -0.3 is 0 Å². The van der Waals surface area contributed by atoms with Gasteiger partial charge in [-0.2, -0.15) is 0 Å². The van der Waals surface area contributed by atoms with Gasteiger partial charge in [0.15, 0.2) is 5.72 Å². The summed E-state index contributed by atoms with van der Waals surface area (Å²) in [6.45, 7) is 7.32. The Bertz CT molecular complexity index is 163. The molecule has 1 atom stereocenters. The van der Waals surface area contributed by atoms with E-state index in [4.69, 9.17) is 3.07 Å². The number of rotatable bonds is 4. The molecule has 0 bridgehead atoms. The van der Waals surface area contributed by atoms with Gasteiger partial charge in [0.05, 0.1) is 0 Å². The lowest BCUT2D eigenvalue weighted by atomic mass is 10.2. The van der Waals surface area contributed by atoms with Crippen molar-refractivity contribution in [3.8, 4) is 0 Å². The Balaban J connectivity index is 4.20. The standard InChI is InChI=1S/C7H12INO/c1-5-7(3,9-6-2)10-8-4/h2,4-5H2,1,3H3. The molecule has 0 heterocycles. The molecular formula is C7H12INO. The smallest absolute Gasteiger partial charge is 0.175 e. The monoisotopic (exact) mass is 253 g/mol. The molecule has 0 saturated heterocycles. The summed E-state index contributed by atoms with van der Waals surface area (Å²) in [4.78, 5) is 3.97. The van der Waals surface area contributed by atoms with E-state index < -0.39 is 26.9 Å². The van der Waals surface area contributed by atoms with Crippen molar-refractivity contribution < 1.29 is 3.07 Å². The van der Waals surface area contributed by atoms with Crippen molar-refractivity contribution in [3.63, 3.8) is 0 Å². The van der Waals surface area contributed by atoms with E-state index >= 15 is 0 Å². The summed E-state index contributed by atoms with van der Waals surface area (Å²) in [6, 6.07) is 0. The molecule has 3 heteroatoms. The van der Waals surface area contributed by atoms with E-state index in [2.05, 4.69) is 22.0 Å². The van der Waals surface area contributed by atoms with E-state index in [1.807, 2.05) is 13.8 Å². The second-order valence-electron chi connectivity index (χ2n) is 1.98. The topological polar surface area (TPSA) is 21.6 Å². The van der Waals surface area contributed by atoms with Crippen molar-refractivity contribution in [1.82, 2.24) is 0 Å². The lowest BCUT2D eigenvalue weighted by Gasteiger charge is -2.18. The predicted octanol–water partition coefficient (Wildman–Crippen LogP) is 2.30. The van der Waals surface area contributed by atoms with Gasteiger partial charge in [-0.25, -0.2) is 4.99 Å². The minimum absolute atomic E-state index is 0.413. The molecule has 0 aliphatic heterocycles. The lowest BCUT2D eigenvalue weighted by molar-refractivity contribution is 0.157. The zero-order valence-electron chi connectivity index (χ0n) is 6.35. The van der Waals surface area contributed by atoms with Gasteiger partial charge in [0.2, 0.25) is 0 Å². The van der Waals surface area contributed by atoms with Gasteiger partial charge in [-0.3, -0.25) is 3.07 Å². The zero-order valence-corrected chi connectivity index (χ0v) is 8.51. The number of hydrogen-bond donors (Lipinski definition) is 0. The summed E-state index contributed by atoms with van der Waals surface area (Å²) in [6.07, 6.45) is 0.838. The predicted molar refractivity (Wildman–Crippen MR) is 54.0 cm³/mol. The fourth-order valence-corrected chi connectivity index (χ4v) is 1.52.